The molecule has 0 saturated carbocycles. The quantitative estimate of drug-likeness (QED) is 0.489. The lowest BCUT2D eigenvalue weighted by atomic mass is 10.4. The first-order valence-electron chi connectivity index (χ1n) is 3.59. The third-order valence-corrected chi connectivity index (χ3v) is 4.84. The molecular weight excluding hydrogens is 218 g/mol. The van der Waals surface area contributed by atoms with Gasteiger partial charge in [0.2, 0.25) is 0 Å². The van der Waals surface area contributed by atoms with E-state index in [4.69, 9.17) is 0 Å². The Morgan fingerprint density at radius 2 is 2.42 bits per heavy atom. The maximum Gasteiger partial charge on any atom is 0.149 e. The van der Waals surface area contributed by atoms with E-state index in [0.717, 1.165) is 18.1 Å². The number of hydrogen-bond donors (Lipinski definition) is 1. The van der Waals surface area contributed by atoms with Gasteiger partial charge in [-0.2, -0.15) is 0 Å². The van der Waals surface area contributed by atoms with E-state index in [-0.39, 0.29) is 6.04 Å². The number of thioether (sulfide) groups is 1. The summed E-state index contributed by atoms with van der Waals surface area (Å²) >= 11 is 1.81. The predicted molar refractivity (Wildman–Crippen MR) is 50.1 cm³/mol. The van der Waals surface area contributed by atoms with Gasteiger partial charge in [-0.3, -0.25) is 0 Å². The van der Waals surface area contributed by atoms with Gasteiger partial charge >= 0.3 is 0 Å². The minimum Gasteiger partial charge on any atom is -0.739 e. The normalized spacial score (nSPS) is 25.6. The van der Waals surface area contributed by atoms with Gasteiger partial charge in [-0.05, 0) is 10.8 Å². The van der Waals surface area contributed by atoms with E-state index in [9.17, 15) is 13.0 Å². The van der Waals surface area contributed by atoms with Crippen LogP contribution in [-0.2, 0) is 9.15 Å². The minimum absolute atomic E-state index is 0.289. The molecular formula is C5H11NO3S3. The Kier molecular flexibility index (Phi) is 4.18. The zero-order chi connectivity index (χ0) is 9.03. The number of nitrogens with two attached hydrogens (primary N) is 1. The topological polar surface area (TPSA) is 73.8 Å². The molecule has 0 aromatic heterocycles. The van der Waals surface area contributed by atoms with Gasteiger partial charge in [0.1, 0.15) is 15.2 Å². The first-order valence-corrected chi connectivity index (χ1v) is 7.66. The molecule has 12 heavy (non-hydrogen) atoms. The summed E-state index contributed by atoms with van der Waals surface area (Å²) in [4.78, 5) is 0. The average Bonchev–Trinajstić information content (AvgIpc) is 2.02. The van der Waals surface area contributed by atoms with E-state index in [1.54, 1.807) is 0 Å². The van der Waals surface area contributed by atoms with Gasteiger partial charge in [-0.25, -0.2) is 8.42 Å². The van der Waals surface area contributed by atoms with Crippen molar-refractivity contribution in [2.75, 3.05) is 23.8 Å². The van der Waals surface area contributed by atoms with Gasteiger partial charge in [0.05, 0.1) is 12.3 Å². The highest BCUT2D eigenvalue weighted by atomic mass is 33.1. The van der Waals surface area contributed by atoms with Crippen LogP contribution in [0.2, 0.25) is 0 Å². The Morgan fingerprint density at radius 3 is 2.92 bits per heavy atom. The summed E-state index contributed by atoms with van der Waals surface area (Å²) in [6.07, 6.45) is 0. The van der Waals surface area contributed by atoms with Crippen LogP contribution in [0.4, 0.5) is 0 Å². The summed E-state index contributed by atoms with van der Waals surface area (Å²) in [6, 6.07) is 0.289. The Morgan fingerprint density at radius 1 is 1.67 bits per heavy atom. The number of quaternary nitrogens is 1. The molecule has 1 unspecified atom stereocenters. The molecule has 1 saturated heterocycles. The second-order valence-corrected chi connectivity index (χ2v) is 7.02. The maximum absolute atomic E-state index is 10.3. The van der Waals surface area contributed by atoms with Crippen LogP contribution in [0.15, 0.2) is 0 Å². The molecule has 1 rings (SSSR count). The van der Waals surface area contributed by atoms with Gasteiger partial charge < -0.3 is 9.87 Å². The fourth-order valence-electron chi connectivity index (χ4n) is 0.977. The predicted octanol–water partition coefficient (Wildman–Crippen LogP) is -1.14. The Labute approximate surface area is 80.0 Å². The van der Waals surface area contributed by atoms with E-state index < -0.39 is 9.15 Å². The minimum atomic E-state index is -4.09. The molecule has 72 valence electrons. The molecule has 1 aliphatic heterocycles. The van der Waals surface area contributed by atoms with Crippen LogP contribution in [0.5, 0.6) is 0 Å². The van der Waals surface area contributed by atoms with Crippen molar-refractivity contribution >= 4 is 31.7 Å². The summed E-state index contributed by atoms with van der Waals surface area (Å²) in [5.41, 5.74) is 0. The summed E-state index contributed by atoms with van der Waals surface area (Å²) in [5.74, 6) is 2.48. The van der Waals surface area contributed by atoms with Crippen molar-refractivity contribution in [3.05, 3.63) is 0 Å². The van der Waals surface area contributed by atoms with Crippen molar-refractivity contribution < 1.29 is 18.3 Å². The molecule has 0 aromatic rings. The molecule has 1 aliphatic rings. The molecule has 0 aliphatic carbocycles. The summed E-state index contributed by atoms with van der Waals surface area (Å²) in [6.45, 7) is 1.02. The lowest BCUT2D eigenvalue weighted by Gasteiger charge is -2.19. The van der Waals surface area contributed by atoms with Crippen LogP contribution in [0, 0.1) is 0 Å². The molecule has 0 bridgehead atoms. The van der Waals surface area contributed by atoms with Crippen molar-refractivity contribution in [3.8, 4) is 0 Å². The van der Waals surface area contributed by atoms with Gasteiger partial charge in [-0.15, -0.1) is 11.8 Å². The van der Waals surface area contributed by atoms with Crippen LogP contribution >= 0.6 is 22.6 Å². The van der Waals surface area contributed by atoms with Crippen LogP contribution in [-0.4, -0.2) is 42.8 Å². The first kappa shape index (κ1) is 10.6. The molecule has 0 amide bonds. The van der Waals surface area contributed by atoms with Crippen molar-refractivity contribution in [1.82, 2.24) is 0 Å². The van der Waals surface area contributed by atoms with Crippen molar-refractivity contribution in [1.29, 1.82) is 0 Å². The lowest BCUT2D eigenvalue weighted by Crippen LogP contribution is -2.93. The van der Waals surface area contributed by atoms with Crippen LogP contribution in [0.1, 0.15) is 0 Å². The van der Waals surface area contributed by atoms with Gasteiger partial charge in [-0.1, -0.05) is 0 Å². The summed E-state index contributed by atoms with van der Waals surface area (Å²) in [7, 11) is -3.57. The number of rotatable bonds is 3. The van der Waals surface area contributed by atoms with Crippen molar-refractivity contribution in [2.45, 2.75) is 6.04 Å². The van der Waals surface area contributed by atoms with E-state index in [1.807, 2.05) is 11.8 Å². The fourth-order valence-corrected chi connectivity index (χ4v) is 3.77. The second kappa shape index (κ2) is 4.71. The molecule has 0 aromatic carbocycles. The summed E-state index contributed by atoms with van der Waals surface area (Å²) < 4.78 is 30.8. The first-order chi connectivity index (χ1) is 5.58. The zero-order valence-corrected chi connectivity index (χ0v) is 8.88. The molecule has 1 fully saturated rings. The largest absolute Gasteiger partial charge is 0.739 e. The fraction of sp³-hybridized carbons (Fsp3) is 1.00. The van der Waals surface area contributed by atoms with E-state index in [0.29, 0.717) is 16.5 Å². The Hall–Kier alpha value is 0.570. The van der Waals surface area contributed by atoms with Crippen LogP contribution < -0.4 is 5.32 Å². The van der Waals surface area contributed by atoms with Crippen molar-refractivity contribution in [2.24, 2.45) is 0 Å². The molecule has 0 spiro atoms. The highest BCUT2D eigenvalue weighted by molar-refractivity contribution is 8.69. The highest BCUT2D eigenvalue weighted by Crippen LogP contribution is 2.12. The third-order valence-electron chi connectivity index (χ3n) is 1.52. The van der Waals surface area contributed by atoms with Crippen molar-refractivity contribution in [3.63, 3.8) is 0 Å². The van der Waals surface area contributed by atoms with Crippen LogP contribution in [0.25, 0.3) is 0 Å². The molecule has 1 atom stereocenters. The average molecular weight is 229 g/mol. The molecule has 4 nitrogen and oxygen atoms in total. The van der Waals surface area contributed by atoms with Crippen LogP contribution in [0.3, 0.4) is 0 Å². The monoisotopic (exact) mass is 229 g/mol. The molecule has 0 radical (unpaired) electrons. The maximum atomic E-state index is 10.3. The Bertz CT molecular complexity index is 222. The Balaban J connectivity index is 2.22. The SMILES string of the molecule is O=S(=O)([O-])SCC1CSCC[NH2+]1. The van der Waals surface area contributed by atoms with Gasteiger partial charge in [0, 0.05) is 11.5 Å². The van der Waals surface area contributed by atoms with E-state index in [2.05, 4.69) is 5.32 Å². The second-order valence-electron chi connectivity index (χ2n) is 2.55. The highest BCUT2D eigenvalue weighted by Gasteiger charge is 2.17. The van der Waals surface area contributed by atoms with Gasteiger partial charge in [0.25, 0.3) is 0 Å². The summed E-state index contributed by atoms with van der Waals surface area (Å²) in [5, 5.41) is 2.11. The van der Waals surface area contributed by atoms with Gasteiger partial charge in [0.15, 0.2) is 0 Å². The molecule has 7 heteroatoms. The van der Waals surface area contributed by atoms with E-state index in [1.165, 1.54) is 0 Å². The smallest absolute Gasteiger partial charge is 0.149 e. The lowest BCUT2D eigenvalue weighted by molar-refractivity contribution is -0.678. The number of hydrogen-bond acceptors (Lipinski definition) is 5. The van der Waals surface area contributed by atoms with E-state index >= 15 is 0 Å². The third kappa shape index (κ3) is 4.56. The molecule has 2 N–H and O–H groups in total. The zero-order valence-electron chi connectivity index (χ0n) is 6.43. The molecule has 1 heterocycles. The standard InChI is InChI=1S/C5H11NO3S3/c7-12(8,9)11-4-5-3-10-2-1-6-5/h5-6H,1-4H2,(H,7,8,9).